The van der Waals surface area contributed by atoms with Crippen molar-refractivity contribution in [1.29, 1.82) is 0 Å². The van der Waals surface area contributed by atoms with Gasteiger partial charge in [-0.05, 0) is 34.4 Å². The van der Waals surface area contributed by atoms with Crippen LogP contribution in [0.15, 0.2) is 66.7 Å². The quantitative estimate of drug-likeness (QED) is 0.681. The smallest absolute Gasteiger partial charge is 0.329 e. The Morgan fingerprint density at radius 1 is 0.909 bits per heavy atom. The molecule has 22 heavy (non-hydrogen) atoms. The van der Waals surface area contributed by atoms with E-state index in [-0.39, 0.29) is 0 Å². The van der Waals surface area contributed by atoms with Crippen LogP contribution in [-0.2, 0) is 9.12 Å². The molecule has 3 aromatic carbocycles. The van der Waals surface area contributed by atoms with Crippen LogP contribution in [0.25, 0.3) is 10.8 Å². The molecule has 0 bridgehead atoms. The van der Waals surface area contributed by atoms with E-state index in [4.69, 9.17) is 0 Å². The first-order valence-corrected chi connectivity index (χ1v) is 7.81. The molecule has 3 rings (SSSR count). The van der Waals surface area contributed by atoms with Gasteiger partial charge in [0.15, 0.2) is 4.32 Å². The molecule has 110 valence electrons. The van der Waals surface area contributed by atoms with Crippen LogP contribution in [0.2, 0.25) is 0 Å². The summed E-state index contributed by atoms with van der Waals surface area (Å²) in [5.41, 5.74) is 2.43. The van der Waals surface area contributed by atoms with Crippen LogP contribution >= 0.6 is 15.9 Å². The summed E-state index contributed by atoms with van der Waals surface area (Å²) in [4.78, 5) is 12.2. The fourth-order valence-corrected chi connectivity index (χ4v) is 3.65. The van der Waals surface area contributed by atoms with Gasteiger partial charge >= 0.3 is 5.97 Å². The Kier molecular flexibility index (Phi) is 3.75. The standard InChI is InChI=1S/C19H15BrO2/c1-13-7-2-5-11-16(13)19(20,18(21)22)17-12-6-9-14-8-3-4-10-15(14)17/h2-12H,1H3,(H,21,22). The average Bonchev–Trinajstić information content (AvgIpc) is 2.54. The Bertz CT molecular complexity index is 851. The third-order valence-corrected chi connectivity index (χ3v) is 5.17. The highest BCUT2D eigenvalue weighted by Gasteiger charge is 2.41. The van der Waals surface area contributed by atoms with E-state index in [0.717, 1.165) is 27.5 Å². The zero-order valence-corrected chi connectivity index (χ0v) is 13.7. The predicted octanol–water partition coefficient (Wildman–Crippen LogP) is 4.87. The lowest BCUT2D eigenvalue weighted by molar-refractivity contribution is -0.138. The summed E-state index contributed by atoms with van der Waals surface area (Å²) in [6, 6.07) is 21.2. The summed E-state index contributed by atoms with van der Waals surface area (Å²) in [5.74, 6) is -0.918. The van der Waals surface area contributed by atoms with Crippen molar-refractivity contribution < 1.29 is 9.90 Å². The lowest BCUT2D eigenvalue weighted by atomic mass is 9.85. The number of hydrogen-bond acceptors (Lipinski definition) is 1. The molecule has 1 unspecified atom stereocenters. The topological polar surface area (TPSA) is 37.3 Å². The number of rotatable bonds is 3. The van der Waals surface area contributed by atoms with Crippen LogP contribution in [0, 0.1) is 6.92 Å². The first kappa shape index (κ1) is 14.8. The summed E-state index contributed by atoms with van der Waals surface area (Å²) >= 11 is 3.54. The maximum atomic E-state index is 12.2. The number of benzene rings is 3. The van der Waals surface area contributed by atoms with Gasteiger partial charge in [0.1, 0.15) is 0 Å². The predicted molar refractivity (Wildman–Crippen MR) is 92.5 cm³/mol. The van der Waals surface area contributed by atoms with Crippen molar-refractivity contribution in [2.24, 2.45) is 0 Å². The summed E-state index contributed by atoms with van der Waals surface area (Å²) in [5, 5.41) is 11.9. The van der Waals surface area contributed by atoms with Gasteiger partial charge in [0.05, 0.1) is 0 Å². The van der Waals surface area contributed by atoms with Crippen LogP contribution < -0.4 is 0 Å². The minimum absolute atomic E-state index is 0.743. The molecule has 0 aromatic heterocycles. The first-order chi connectivity index (χ1) is 10.5. The highest BCUT2D eigenvalue weighted by Crippen LogP contribution is 2.43. The molecule has 1 atom stereocenters. The lowest BCUT2D eigenvalue weighted by Crippen LogP contribution is -2.31. The van der Waals surface area contributed by atoms with Crippen molar-refractivity contribution in [2.45, 2.75) is 11.2 Å². The van der Waals surface area contributed by atoms with Gasteiger partial charge in [-0.25, -0.2) is 4.79 Å². The molecule has 1 N–H and O–H groups in total. The van der Waals surface area contributed by atoms with E-state index in [2.05, 4.69) is 15.9 Å². The Labute approximate surface area is 137 Å². The van der Waals surface area contributed by atoms with Gasteiger partial charge in [-0.1, -0.05) is 82.7 Å². The van der Waals surface area contributed by atoms with E-state index in [1.807, 2.05) is 73.7 Å². The Morgan fingerprint density at radius 3 is 2.23 bits per heavy atom. The minimum atomic E-state index is -1.26. The van der Waals surface area contributed by atoms with Crippen molar-refractivity contribution in [3.05, 3.63) is 83.4 Å². The van der Waals surface area contributed by atoms with Gasteiger partial charge in [0.2, 0.25) is 0 Å². The van der Waals surface area contributed by atoms with E-state index < -0.39 is 10.3 Å². The van der Waals surface area contributed by atoms with Gasteiger partial charge in [-0.3, -0.25) is 0 Å². The summed E-state index contributed by atoms with van der Waals surface area (Å²) < 4.78 is -1.26. The molecule has 0 radical (unpaired) electrons. The van der Waals surface area contributed by atoms with Gasteiger partial charge < -0.3 is 5.11 Å². The SMILES string of the molecule is Cc1ccccc1C(Br)(C(=O)O)c1cccc2ccccc12. The Balaban J connectivity index is 2.37. The van der Waals surface area contributed by atoms with Crippen LogP contribution in [0.1, 0.15) is 16.7 Å². The highest BCUT2D eigenvalue weighted by molar-refractivity contribution is 9.10. The van der Waals surface area contributed by atoms with Crippen LogP contribution in [0.4, 0.5) is 0 Å². The number of alkyl halides is 1. The second-order valence-electron chi connectivity index (χ2n) is 5.31. The second-order valence-corrected chi connectivity index (χ2v) is 6.49. The Morgan fingerprint density at radius 2 is 1.50 bits per heavy atom. The number of aliphatic carboxylic acids is 1. The molecule has 0 fully saturated rings. The fraction of sp³-hybridized carbons (Fsp3) is 0.105. The second kappa shape index (κ2) is 5.58. The molecule has 0 spiro atoms. The Hall–Kier alpha value is -2.13. The average molecular weight is 355 g/mol. The third-order valence-electron chi connectivity index (χ3n) is 3.97. The zero-order valence-electron chi connectivity index (χ0n) is 12.1. The van der Waals surface area contributed by atoms with Crippen LogP contribution in [0.5, 0.6) is 0 Å². The van der Waals surface area contributed by atoms with Gasteiger partial charge in [0.25, 0.3) is 0 Å². The molecule has 0 heterocycles. The molecule has 0 aliphatic heterocycles. The normalized spacial score (nSPS) is 13.7. The van der Waals surface area contributed by atoms with Gasteiger partial charge in [-0.2, -0.15) is 0 Å². The molecule has 0 saturated heterocycles. The molecule has 0 aliphatic carbocycles. The van der Waals surface area contributed by atoms with E-state index in [1.54, 1.807) is 0 Å². The molecule has 3 heteroatoms. The van der Waals surface area contributed by atoms with Gasteiger partial charge in [-0.15, -0.1) is 0 Å². The van der Waals surface area contributed by atoms with Crippen molar-refractivity contribution in [2.75, 3.05) is 0 Å². The molecule has 0 amide bonds. The monoisotopic (exact) mass is 354 g/mol. The molecular weight excluding hydrogens is 340 g/mol. The van der Waals surface area contributed by atoms with Crippen LogP contribution in [0.3, 0.4) is 0 Å². The van der Waals surface area contributed by atoms with Crippen molar-refractivity contribution >= 4 is 32.7 Å². The highest BCUT2D eigenvalue weighted by atomic mass is 79.9. The lowest BCUT2D eigenvalue weighted by Gasteiger charge is -2.27. The van der Waals surface area contributed by atoms with E-state index in [0.29, 0.717) is 0 Å². The minimum Gasteiger partial charge on any atom is -0.480 e. The molecular formula is C19H15BrO2. The number of carbonyl (C=O) groups is 1. The van der Waals surface area contributed by atoms with E-state index in [9.17, 15) is 9.90 Å². The molecule has 0 aliphatic rings. The summed E-state index contributed by atoms with van der Waals surface area (Å²) in [6.45, 7) is 1.93. The fourth-order valence-electron chi connectivity index (χ4n) is 2.86. The number of carboxylic acids is 1. The maximum absolute atomic E-state index is 12.2. The van der Waals surface area contributed by atoms with Gasteiger partial charge in [0, 0.05) is 0 Å². The number of carboxylic acid groups (broad SMARTS) is 1. The number of halogens is 1. The number of aryl methyl sites for hydroxylation is 1. The maximum Gasteiger partial charge on any atom is 0.329 e. The molecule has 3 aromatic rings. The zero-order chi connectivity index (χ0) is 15.7. The van der Waals surface area contributed by atoms with Crippen molar-refractivity contribution in [1.82, 2.24) is 0 Å². The largest absolute Gasteiger partial charge is 0.480 e. The number of fused-ring (bicyclic) bond motifs is 1. The molecule has 2 nitrogen and oxygen atoms in total. The molecule has 0 saturated carbocycles. The third kappa shape index (κ3) is 2.22. The summed E-state index contributed by atoms with van der Waals surface area (Å²) in [6.07, 6.45) is 0. The van der Waals surface area contributed by atoms with Crippen LogP contribution in [-0.4, -0.2) is 11.1 Å². The summed E-state index contributed by atoms with van der Waals surface area (Å²) in [7, 11) is 0. The van der Waals surface area contributed by atoms with E-state index >= 15 is 0 Å². The van der Waals surface area contributed by atoms with Crippen molar-refractivity contribution in [3.63, 3.8) is 0 Å². The van der Waals surface area contributed by atoms with Crippen molar-refractivity contribution in [3.8, 4) is 0 Å². The van der Waals surface area contributed by atoms with E-state index in [1.165, 1.54) is 0 Å². The first-order valence-electron chi connectivity index (χ1n) is 7.02. The number of hydrogen-bond donors (Lipinski definition) is 1.